The number of carbonyl (C=O) groups is 1. The predicted molar refractivity (Wildman–Crippen MR) is 93.4 cm³/mol. The third-order valence-electron chi connectivity index (χ3n) is 2.71. The van der Waals surface area contributed by atoms with Gasteiger partial charge in [-0.1, -0.05) is 17.7 Å². The third-order valence-corrected chi connectivity index (χ3v) is 2.95. The fourth-order valence-electron chi connectivity index (χ4n) is 1.80. The summed E-state index contributed by atoms with van der Waals surface area (Å²) in [7, 11) is 0. The molecule has 5 nitrogen and oxygen atoms in total. The molecular formula is C17H18ClN3O2. The number of hydrogen-bond donors (Lipinski definition) is 2. The molecule has 0 spiro atoms. The van der Waals surface area contributed by atoms with Gasteiger partial charge in [0.25, 0.3) is 0 Å². The van der Waals surface area contributed by atoms with Gasteiger partial charge in [-0.25, -0.2) is 10.2 Å². The highest BCUT2D eigenvalue weighted by molar-refractivity contribution is 6.30. The number of nitrogens with zero attached hydrogens (tertiary/aromatic N) is 1. The van der Waals surface area contributed by atoms with Gasteiger partial charge in [-0.05, 0) is 61.9 Å². The molecule has 0 aliphatic heterocycles. The Morgan fingerprint density at radius 2 is 1.96 bits per heavy atom. The molecule has 6 heteroatoms. The standard InChI is InChI=1S/C17H18ClN3O2/c1-12(2)23-16-8-6-13(7-9-16)11-19-21-17(22)20-15-5-3-4-14(18)10-15/h3-12H,1-2H3,(H2,20,21,22)/b19-11-. The smallest absolute Gasteiger partial charge is 0.339 e. The number of carbonyl (C=O) groups excluding carboxylic acids is 1. The second-order valence-electron chi connectivity index (χ2n) is 5.07. The lowest BCUT2D eigenvalue weighted by Gasteiger charge is -2.09. The molecule has 0 heterocycles. The summed E-state index contributed by atoms with van der Waals surface area (Å²) in [4.78, 5) is 11.7. The van der Waals surface area contributed by atoms with Crippen LogP contribution in [0.4, 0.5) is 10.5 Å². The molecule has 0 radical (unpaired) electrons. The summed E-state index contributed by atoms with van der Waals surface area (Å²) in [6.07, 6.45) is 1.68. The number of halogens is 1. The zero-order valence-electron chi connectivity index (χ0n) is 12.9. The van der Waals surface area contributed by atoms with Crippen molar-refractivity contribution in [3.63, 3.8) is 0 Å². The molecule has 0 unspecified atom stereocenters. The van der Waals surface area contributed by atoms with Gasteiger partial charge in [-0.2, -0.15) is 5.10 Å². The predicted octanol–water partition coefficient (Wildman–Crippen LogP) is 4.28. The van der Waals surface area contributed by atoms with Crippen molar-refractivity contribution in [2.24, 2.45) is 5.10 Å². The lowest BCUT2D eigenvalue weighted by molar-refractivity contribution is 0.242. The van der Waals surface area contributed by atoms with Gasteiger partial charge in [0.2, 0.25) is 0 Å². The number of rotatable bonds is 5. The van der Waals surface area contributed by atoms with Crippen molar-refractivity contribution in [3.8, 4) is 5.75 Å². The molecule has 0 aliphatic rings. The highest BCUT2D eigenvalue weighted by Gasteiger charge is 2.00. The molecule has 2 aromatic carbocycles. The molecule has 23 heavy (non-hydrogen) atoms. The molecule has 2 rings (SSSR count). The molecule has 2 amide bonds. The Bertz CT molecular complexity index is 684. The number of urea groups is 1. The molecule has 0 saturated heterocycles. The Balaban J connectivity index is 1.84. The van der Waals surface area contributed by atoms with Crippen molar-refractivity contribution >= 4 is 29.5 Å². The van der Waals surface area contributed by atoms with E-state index in [9.17, 15) is 4.79 Å². The normalized spacial score (nSPS) is 10.8. The average molecular weight is 332 g/mol. The van der Waals surface area contributed by atoms with Gasteiger partial charge in [0.15, 0.2) is 0 Å². The number of hydrazone groups is 1. The van der Waals surface area contributed by atoms with Crippen molar-refractivity contribution < 1.29 is 9.53 Å². The summed E-state index contributed by atoms with van der Waals surface area (Å²) >= 11 is 5.85. The van der Waals surface area contributed by atoms with E-state index in [4.69, 9.17) is 16.3 Å². The van der Waals surface area contributed by atoms with Crippen molar-refractivity contribution in [1.82, 2.24) is 5.43 Å². The lowest BCUT2D eigenvalue weighted by atomic mass is 10.2. The van der Waals surface area contributed by atoms with E-state index in [2.05, 4.69) is 15.8 Å². The number of amides is 2. The van der Waals surface area contributed by atoms with Crippen molar-refractivity contribution in [1.29, 1.82) is 0 Å². The van der Waals surface area contributed by atoms with Crippen LogP contribution in [0.2, 0.25) is 5.02 Å². The first-order valence-electron chi connectivity index (χ1n) is 7.15. The first kappa shape index (κ1) is 16.8. The van der Waals surface area contributed by atoms with Crippen LogP contribution in [0.3, 0.4) is 0 Å². The van der Waals surface area contributed by atoms with E-state index in [0.717, 1.165) is 11.3 Å². The summed E-state index contributed by atoms with van der Waals surface area (Å²) in [6.45, 7) is 3.94. The Hall–Kier alpha value is -2.53. The van der Waals surface area contributed by atoms with Crippen LogP contribution in [0.1, 0.15) is 19.4 Å². The number of hydrogen-bond acceptors (Lipinski definition) is 3. The quantitative estimate of drug-likeness (QED) is 0.634. The van der Waals surface area contributed by atoms with E-state index in [0.29, 0.717) is 10.7 Å². The van der Waals surface area contributed by atoms with Gasteiger partial charge in [0, 0.05) is 10.7 Å². The maximum Gasteiger partial charge on any atom is 0.339 e. The van der Waals surface area contributed by atoms with Crippen molar-refractivity contribution in [3.05, 3.63) is 59.1 Å². The topological polar surface area (TPSA) is 62.7 Å². The monoisotopic (exact) mass is 331 g/mol. The zero-order chi connectivity index (χ0) is 16.7. The summed E-state index contributed by atoms with van der Waals surface area (Å²) in [6, 6.07) is 13.9. The minimum atomic E-state index is -0.441. The van der Waals surface area contributed by atoms with Crippen LogP contribution < -0.4 is 15.5 Å². The first-order valence-corrected chi connectivity index (χ1v) is 7.53. The largest absolute Gasteiger partial charge is 0.491 e. The molecule has 0 bridgehead atoms. The van der Waals surface area contributed by atoms with E-state index in [1.807, 2.05) is 38.1 Å². The summed E-state index contributed by atoms with van der Waals surface area (Å²) < 4.78 is 5.55. The van der Waals surface area contributed by atoms with E-state index in [1.54, 1.807) is 30.5 Å². The van der Waals surface area contributed by atoms with Gasteiger partial charge in [0.1, 0.15) is 5.75 Å². The minimum Gasteiger partial charge on any atom is -0.491 e. The fourth-order valence-corrected chi connectivity index (χ4v) is 1.99. The Morgan fingerprint density at radius 1 is 1.22 bits per heavy atom. The number of benzene rings is 2. The molecule has 2 N–H and O–H groups in total. The first-order chi connectivity index (χ1) is 11.0. The van der Waals surface area contributed by atoms with Crippen LogP contribution in [0.5, 0.6) is 5.75 Å². The maximum atomic E-state index is 11.7. The highest BCUT2D eigenvalue weighted by Crippen LogP contribution is 2.14. The summed E-state index contributed by atoms with van der Waals surface area (Å²) in [5.41, 5.74) is 3.84. The van der Waals surface area contributed by atoms with Crippen LogP contribution in [0.15, 0.2) is 53.6 Å². The van der Waals surface area contributed by atoms with E-state index in [1.165, 1.54) is 0 Å². The SMILES string of the molecule is CC(C)Oc1ccc(/C=N\NC(=O)Nc2cccc(Cl)c2)cc1. The van der Waals surface area contributed by atoms with Crippen LogP contribution >= 0.6 is 11.6 Å². The zero-order valence-corrected chi connectivity index (χ0v) is 13.7. The maximum absolute atomic E-state index is 11.7. The Labute approximate surface area is 140 Å². The Kier molecular flexibility index (Phi) is 6.00. The second kappa shape index (κ2) is 8.19. The van der Waals surface area contributed by atoms with Crippen LogP contribution in [0.25, 0.3) is 0 Å². The molecule has 0 aromatic heterocycles. The summed E-state index contributed by atoms with van der Waals surface area (Å²) in [5.74, 6) is 0.795. The fraction of sp³-hybridized carbons (Fsp3) is 0.176. The highest BCUT2D eigenvalue weighted by atomic mass is 35.5. The number of anilines is 1. The molecule has 0 atom stereocenters. The van der Waals surface area contributed by atoms with Gasteiger partial charge in [0.05, 0.1) is 12.3 Å². The average Bonchev–Trinajstić information content (AvgIpc) is 2.48. The molecule has 0 aliphatic carbocycles. The molecule has 0 saturated carbocycles. The van der Waals surface area contributed by atoms with Crippen molar-refractivity contribution in [2.45, 2.75) is 20.0 Å². The minimum absolute atomic E-state index is 0.131. The molecule has 2 aromatic rings. The third kappa shape index (κ3) is 6.00. The second-order valence-corrected chi connectivity index (χ2v) is 5.51. The van der Waals surface area contributed by atoms with Gasteiger partial charge in [-0.3, -0.25) is 0 Å². The van der Waals surface area contributed by atoms with Crippen molar-refractivity contribution in [2.75, 3.05) is 5.32 Å². The van der Waals surface area contributed by atoms with Crippen LogP contribution in [-0.2, 0) is 0 Å². The lowest BCUT2D eigenvalue weighted by Crippen LogP contribution is -2.24. The van der Waals surface area contributed by atoms with Gasteiger partial charge >= 0.3 is 6.03 Å². The number of ether oxygens (including phenoxy) is 1. The van der Waals surface area contributed by atoms with Gasteiger partial charge < -0.3 is 10.1 Å². The van der Waals surface area contributed by atoms with E-state index in [-0.39, 0.29) is 6.10 Å². The molecular weight excluding hydrogens is 314 g/mol. The molecule has 0 fully saturated rings. The van der Waals surface area contributed by atoms with Crippen LogP contribution in [-0.4, -0.2) is 18.3 Å². The molecule has 120 valence electrons. The van der Waals surface area contributed by atoms with E-state index < -0.39 is 6.03 Å². The van der Waals surface area contributed by atoms with Gasteiger partial charge in [-0.15, -0.1) is 0 Å². The number of nitrogens with one attached hydrogen (secondary N) is 2. The Morgan fingerprint density at radius 3 is 2.61 bits per heavy atom. The summed E-state index contributed by atoms with van der Waals surface area (Å²) in [5, 5.41) is 7.07. The van der Waals surface area contributed by atoms with E-state index >= 15 is 0 Å². The van der Waals surface area contributed by atoms with Crippen LogP contribution in [0, 0.1) is 0 Å².